The van der Waals surface area contributed by atoms with Gasteiger partial charge in [0.15, 0.2) is 0 Å². The Bertz CT molecular complexity index is 652. The Morgan fingerprint density at radius 3 is 2.45 bits per heavy atom. The second-order valence-electron chi connectivity index (χ2n) is 6.39. The Morgan fingerprint density at radius 2 is 1.91 bits per heavy atom. The number of methoxy groups -OCH3 is 1. The number of aryl methyl sites for hydroxylation is 1. The van der Waals surface area contributed by atoms with Gasteiger partial charge in [0, 0.05) is 18.6 Å². The lowest BCUT2D eigenvalue weighted by atomic mass is 9.92. The fourth-order valence-electron chi connectivity index (χ4n) is 2.03. The van der Waals surface area contributed by atoms with Crippen molar-refractivity contribution in [3.8, 4) is 5.69 Å². The van der Waals surface area contributed by atoms with Crippen molar-refractivity contribution in [1.82, 2.24) is 9.78 Å². The number of ether oxygens (including phenoxy) is 1. The maximum Gasteiger partial charge on any atom is 0.251 e. The highest BCUT2D eigenvalue weighted by Crippen LogP contribution is 2.26. The Balaban J connectivity index is 2.43. The molecule has 0 aliphatic carbocycles. The molecule has 0 saturated heterocycles. The van der Waals surface area contributed by atoms with Crippen LogP contribution >= 0.6 is 0 Å². The molecule has 2 aromatic rings. The molecule has 1 amide bonds. The van der Waals surface area contributed by atoms with E-state index in [4.69, 9.17) is 4.74 Å². The molecule has 1 heterocycles. The molecule has 0 atom stereocenters. The highest BCUT2D eigenvalue weighted by atomic mass is 16.5. The van der Waals surface area contributed by atoms with Crippen LogP contribution in [-0.4, -0.2) is 29.4 Å². The molecule has 0 fully saturated rings. The van der Waals surface area contributed by atoms with Crippen LogP contribution < -0.4 is 5.32 Å². The monoisotopic (exact) mass is 301 g/mol. The summed E-state index contributed by atoms with van der Waals surface area (Å²) in [7, 11) is 1.50. The number of amides is 1. The minimum Gasteiger partial charge on any atom is -0.375 e. The van der Waals surface area contributed by atoms with Gasteiger partial charge in [0.2, 0.25) is 0 Å². The molecular formula is C17H23N3O2. The van der Waals surface area contributed by atoms with E-state index in [0.717, 1.165) is 11.4 Å². The van der Waals surface area contributed by atoms with Crippen LogP contribution in [0.5, 0.6) is 0 Å². The SMILES string of the molecule is COCC(=O)Nc1cc(C(C)(C)C)nn1-c1ccc(C)cc1. The molecule has 0 saturated carbocycles. The quantitative estimate of drug-likeness (QED) is 0.944. The predicted octanol–water partition coefficient (Wildman–Crippen LogP) is 3.06. The van der Waals surface area contributed by atoms with Gasteiger partial charge in [-0.1, -0.05) is 38.5 Å². The minimum absolute atomic E-state index is 0.0178. The van der Waals surface area contributed by atoms with Gasteiger partial charge in [-0.25, -0.2) is 4.68 Å². The van der Waals surface area contributed by atoms with Crippen molar-refractivity contribution >= 4 is 11.7 Å². The molecule has 1 aromatic heterocycles. The molecule has 5 heteroatoms. The van der Waals surface area contributed by atoms with Crippen molar-refractivity contribution in [2.45, 2.75) is 33.1 Å². The van der Waals surface area contributed by atoms with E-state index in [0.29, 0.717) is 5.82 Å². The molecule has 0 aliphatic rings. The van der Waals surface area contributed by atoms with Gasteiger partial charge in [-0.3, -0.25) is 4.79 Å². The molecule has 0 radical (unpaired) electrons. The lowest BCUT2D eigenvalue weighted by Gasteiger charge is -2.14. The molecule has 0 bridgehead atoms. The Hall–Kier alpha value is -2.14. The Kier molecular flexibility index (Phi) is 4.66. The summed E-state index contributed by atoms with van der Waals surface area (Å²) in [6.45, 7) is 8.33. The highest BCUT2D eigenvalue weighted by molar-refractivity contribution is 5.91. The van der Waals surface area contributed by atoms with E-state index >= 15 is 0 Å². The van der Waals surface area contributed by atoms with Gasteiger partial charge in [0.1, 0.15) is 12.4 Å². The normalized spacial score (nSPS) is 11.5. The van der Waals surface area contributed by atoms with Crippen LogP contribution in [0.25, 0.3) is 5.69 Å². The van der Waals surface area contributed by atoms with E-state index in [9.17, 15) is 4.79 Å². The molecule has 22 heavy (non-hydrogen) atoms. The summed E-state index contributed by atoms with van der Waals surface area (Å²) >= 11 is 0. The average molecular weight is 301 g/mol. The fraction of sp³-hybridized carbons (Fsp3) is 0.412. The first-order valence-electron chi connectivity index (χ1n) is 7.27. The molecule has 0 aliphatic heterocycles. The van der Waals surface area contributed by atoms with Crippen LogP contribution in [0.1, 0.15) is 32.0 Å². The predicted molar refractivity (Wildman–Crippen MR) is 87.5 cm³/mol. The number of benzene rings is 1. The highest BCUT2D eigenvalue weighted by Gasteiger charge is 2.21. The van der Waals surface area contributed by atoms with Crippen molar-refractivity contribution in [3.63, 3.8) is 0 Å². The molecule has 0 spiro atoms. The summed E-state index contributed by atoms with van der Waals surface area (Å²) in [5, 5.41) is 7.51. The first kappa shape index (κ1) is 16.2. The van der Waals surface area contributed by atoms with Crippen LogP contribution in [0.2, 0.25) is 0 Å². The maximum absolute atomic E-state index is 11.8. The minimum atomic E-state index is -0.198. The van der Waals surface area contributed by atoms with Crippen LogP contribution in [0.4, 0.5) is 5.82 Å². The zero-order valence-electron chi connectivity index (χ0n) is 13.8. The van der Waals surface area contributed by atoms with E-state index in [1.165, 1.54) is 12.7 Å². The van der Waals surface area contributed by atoms with Gasteiger partial charge in [-0.15, -0.1) is 0 Å². The van der Waals surface area contributed by atoms with Crippen molar-refractivity contribution < 1.29 is 9.53 Å². The van der Waals surface area contributed by atoms with Crippen molar-refractivity contribution in [2.24, 2.45) is 0 Å². The molecule has 118 valence electrons. The van der Waals surface area contributed by atoms with Crippen molar-refractivity contribution in [3.05, 3.63) is 41.6 Å². The van der Waals surface area contributed by atoms with E-state index in [-0.39, 0.29) is 17.9 Å². The smallest absolute Gasteiger partial charge is 0.251 e. The molecule has 1 N–H and O–H groups in total. The number of aromatic nitrogens is 2. The van der Waals surface area contributed by atoms with Crippen LogP contribution in [0.3, 0.4) is 0 Å². The van der Waals surface area contributed by atoms with Crippen LogP contribution in [-0.2, 0) is 14.9 Å². The third kappa shape index (κ3) is 3.74. The lowest BCUT2D eigenvalue weighted by molar-refractivity contribution is -0.119. The standard InChI is InChI=1S/C17H23N3O2/c1-12-6-8-13(9-7-12)20-15(18-16(21)11-22-5)10-14(19-20)17(2,3)4/h6-10H,11H2,1-5H3,(H,18,21). The van der Waals surface area contributed by atoms with Crippen LogP contribution in [0.15, 0.2) is 30.3 Å². The van der Waals surface area contributed by atoms with Crippen molar-refractivity contribution in [1.29, 1.82) is 0 Å². The molecule has 2 rings (SSSR count). The molecule has 0 unspecified atom stereocenters. The third-order valence-electron chi connectivity index (χ3n) is 3.30. The zero-order chi connectivity index (χ0) is 16.3. The Morgan fingerprint density at radius 1 is 1.27 bits per heavy atom. The topological polar surface area (TPSA) is 56.1 Å². The van der Waals surface area contributed by atoms with E-state index < -0.39 is 0 Å². The number of rotatable bonds is 4. The number of nitrogens with one attached hydrogen (secondary N) is 1. The van der Waals surface area contributed by atoms with E-state index in [1.807, 2.05) is 37.3 Å². The zero-order valence-corrected chi connectivity index (χ0v) is 13.8. The number of carbonyl (C=O) groups is 1. The van der Waals surface area contributed by atoms with Gasteiger partial charge in [0.05, 0.1) is 11.4 Å². The lowest BCUT2D eigenvalue weighted by Crippen LogP contribution is -2.19. The number of hydrogen-bond donors (Lipinski definition) is 1. The van der Waals surface area contributed by atoms with Gasteiger partial charge in [-0.05, 0) is 19.1 Å². The summed E-state index contributed by atoms with van der Waals surface area (Å²) in [5.74, 6) is 0.451. The molecular weight excluding hydrogens is 278 g/mol. The number of anilines is 1. The van der Waals surface area contributed by atoms with E-state index in [2.05, 4.69) is 31.2 Å². The third-order valence-corrected chi connectivity index (χ3v) is 3.30. The molecule has 5 nitrogen and oxygen atoms in total. The second kappa shape index (κ2) is 6.32. The van der Waals surface area contributed by atoms with Crippen LogP contribution in [0, 0.1) is 6.92 Å². The average Bonchev–Trinajstić information content (AvgIpc) is 2.83. The summed E-state index contributed by atoms with van der Waals surface area (Å²) in [5.41, 5.74) is 2.91. The molecule has 1 aromatic carbocycles. The fourth-order valence-corrected chi connectivity index (χ4v) is 2.03. The maximum atomic E-state index is 11.8. The summed E-state index contributed by atoms with van der Waals surface area (Å²) < 4.78 is 6.63. The summed E-state index contributed by atoms with van der Waals surface area (Å²) in [4.78, 5) is 11.8. The number of nitrogens with zero attached hydrogens (tertiary/aromatic N) is 2. The Labute approximate surface area is 131 Å². The first-order valence-corrected chi connectivity index (χ1v) is 7.27. The van der Waals surface area contributed by atoms with E-state index in [1.54, 1.807) is 4.68 Å². The largest absolute Gasteiger partial charge is 0.375 e. The van der Waals surface area contributed by atoms with Gasteiger partial charge < -0.3 is 10.1 Å². The second-order valence-corrected chi connectivity index (χ2v) is 6.39. The summed E-state index contributed by atoms with van der Waals surface area (Å²) in [6.07, 6.45) is 0. The van der Waals surface area contributed by atoms with Crippen molar-refractivity contribution in [2.75, 3.05) is 19.0 Å². The van der Waals surface area contributed by atoms with Gasteiger partial charge >= 0.3 is 0 Å². The van der Waals surface area contributed by atoms with Gasteiger partial charge in [0.25, 0.3) is 5.91 Å². The first-order chi connectivity index (χ1) is 10.3. The number of hydrogen-bond acceptors (Lipinski definition) is 3. The van der Waals surface area contributed by atoms with Gasteiger partial charge in [-0.2, -0.15) is 5.10 Å². The summed E-state index contributed by atoms with van der Waals surface area (Å²) in [6, 6.07) is 9.93. The number of carbonyl (C=O) groups excluding carboxylic acids is 1.